The summed E-state index contributed by atoms with van der Waals surface area (Å²) < 4.78 is 5.52. The Bertz CT molecular complexity index is 471. The lowest BCUT2D eigenvalue weighted by Gasteiger charge is -2.15. The minimum atomic E-state index is -0.272. The quantitative estimate of drug-likeness (QED) is 0.430. The summed E-state index contributed by atoms with van der Waals surface area (Å²) in [6.07, 6.45) is 2.55. The van der Waals surface area contributed by atoms with Gasteiger partial charge in [0.25, 0.3) is 0 Å². The van der Waals surface area contributed by atoms with Crippen molar-refractivity contribution in [3.05, 3.63) is 23.8 Å². The maximum Gasteiger partial charge on any atom is 0.176 e. The van der Waals surface area contributed by atoms with Crippen LogP contribution in [0.4, 0.5) is 0 Å². The highest BCUT2D eigenvalue weighted by Gasteiger charge is 2.21. The van der Waals surface area contributed by atoms with Crippen LogP contribution in [0.15, 0.2) is 18.2 Å². The molecule has 20 heavy (non-hydrogen) atoms. The summed E-state index contributed by atoms with van der Waals surface area (Å²) in [6, 6.07) is 4.12. The highest BCUT2D eigenvalue weighted by Crippen LogP contribution is 2.28. The summed E-state index contributed by atoms with van der Waals surface area (Å²) in [5.41, 5.74) is 0.394. The Morgan fingerprint density at radius 1 is 1.35 bits per heavy atom. The average Bonchev–Trinajstić information content (AvgIpc) is 3.22. The molecule has 0 atom stereocenters. The molecule has 0 heterocycles. The first kappa shape index (κ1) is 14.8. The van der Waals surface area contributed by atoms with Crippen molar-refractivity contribution in [1.82, 2.24) is 4.90 Å². The summed E-state index contributed by atoms with van der Waals surface area (Å²) in [4.78, 5) is 13.9. The molecule has 1 aliphatic carbocycles. The molecule has 0 aromatic heterocycles. The van der Waals surface area contributed by atoms with Crippen LogP contribution in [-0.2, 0) is 4.74 Å². The van der Waals surface area contributed by atoms with Crippen LogP contribution < -0.4 is 0 Å². The van der Waals surface area contributed by atoms with E-state index in [-0.39, 0.29) is 23.8 Å². The van der Waals surface area contributed by atoms with E-state index in [9.17, 15) is 15.0 Å². The van der Waals surface area contributed by atoms with Gasteiger partial charge < -0.3 is 14.9 Å². The monoisotopic (exact) mass is 279 g/mol. The summed E-state index contributed by atoms with van der Waals surface area (Å²) in [5.74, 6) is 0.168. The third-order valence-electron chi connectivity index (χ3n) is 3.38. The van der Waals surface area contributed by atoms with Gasteiger partial charge in [-0.3, -0.25) is 9.69 Å². The molecule has 0 spiro atoms. The molecule has 1 aliphatic rings. The van der Waals surface area contributed by atoms with Crippen molar-refractivity contribution in [3.8, 4) is 11.5 Å². The van der Waals surface area contributed by atoms with Gasteiger partial charge in [0.15, 0.2) is 17.3 Å². The lowest BCUT2D eigenvalue weighted by atomic mass is 10.1. The highest BCUT2D eigenvalue weighted by atomic mass is 16.5. The van der Waals surface area contributed by atoms with Crippen molar-refractivity contribution in [1.29, 1.82) is 0 Å². The van der Waals surface area contributed by atoms with Crippen molar-refractivity contribution >= 4 is 5.78 Å². The van der Waals surface area contributed by atoms with E-state index in [1.165, 1.54) is 31.0 Å². The van der Waals surface area contributed by atoms with Gasteiger partial charge in [-0.2, -0.15) is 0 Å². The van der Waals surface area contributed by atoms with Crippen molar-refractivity contribution in [2.75, 3.05) is 33.4 Å². The van der Waals surface area contributed by atoms with Gasteiger partial charge in [-0.25, -0.2) is 0 Å². The maximum atomic E-state index is 12.0. The number of Topliss-reactive ketones (excluding diaryl/α,β-unsaturated/α-hetero) is 1. The summed E-state index contributed by atoms with van der Waals surface area (Å²) in [5, 5.41) is 18.6. The zero-order valence-corrected chi connectivity index (χ0v) is 11.7. The van der Waals surface area contributed by atoms with Crippen LogP contribution in [0.5, 0.6) is 11.5 Å². The van der Waals surface area contributed by atoms with Crippen molar-refractivity contribution in [2.24, 2.45) is 5.92 Å². The maximum absolute atomic E-state index is 12.0. The number of aromatic hydroxyl groups is 2. The van der Waals surface area contributed by atoms with Gasteiger partial charge in [0, 0.05) is 18.7 Å². The van der Waals surface area contributed by atoms with Crippen molar-refractivity contribution in [2.45, 2.75) is 12.8 Å². The fourth-order valence-electron chi connectivity index (χ4n) is 1.87. The lowest BCUT2D eigenvalue weighted by Crippen LogP contribution is -2.29. The fourth-order valence-corrected chi connectivity index (χ4v) is 1.87. The molecule has 2 N–H and O–H groups in total. The van der Waals surface area contributed by atoms with Crippen LogP contribution >= 0.6 is 0 Å². The smallest absolute Gasteiger partial charge is 0.176 e. The number of carbonyl (C=O) groups excluding carboxylic acids is 1. The molecule has 110 valence electrons. The van der Waals surface area contributed by atoms with Crippen LogP contribution in [0, 0.1) is 5.92 Å². The van der Waals surface area contributed by atoms with Gasteiger partial charge in [-0.1, -0.05) is 0 Å². The summed E-state index contributed by atoms with van der Waals surface area (Å²) >= 11 is 0. The number of ketones is 1. The zero-order valence-electron chi connectivity index (χ0n) is 11.7. The van der Waals surface area contributed by atoms with Crippen LogP contribution in [0.1, 0.15) is 23.2 Å². The normalized spacial score (nSPS) is 14.7. The van der Waals surface area contributed by atoms with Gasteiger partial charge in [0.05, 0.1) is 13.2 Å². The number of phenolic OH excluding ortho intramolecular Hbond substituents is 2. The Labute approximate surface area is 118 Å². The Hall–Kier alpha value is -1.59. The number of rotatable bonds is 8. The summed E-state index contributed by atoms with van der Waals surface area (Å²) in [6.45, 7) is 2.41. The van der Waals surface area contributed by atoms with E-state index in [0.717, 1.165) is 12.5 Å². The molecule has 1 aromatic rings. The molecule has 5 heteroatoms. The Balaban J connectivity index is 1.72. The molecule has 1 aromatic carbocycles. The number of nitrogens with zero attached hydrogens (tertiary/aromatic N) is 1. The van der Waals surface area contributed by atoms with Gasteiger partial charge in [0.2, 0.25) is 0 Å². The number of hydrogen-bond donors (Lipinski definition) is 2. The SMILES string of the molecule is CN(CCOCC1CC1)CC(=O)c1ccc(O)c(O)c1. The summed E-state index contributed by atoms with van der Waals surface area (Å²) in [7, 11) is 1.86. The first-order chi connectivity index (χ1) is 9.56. The van der Waals surface area contributed by atoms with Crippen LogP contribution in [0.3, 0.4) is 0 Å². The zero-order chi connectivity index (χ0) is 14.5. The molecule has 1 fully saturated rings. The molecule has 0 saturated heterocycles. The van der Waals surface area contributed by atoms with Gasteiger partial charge in [0.1, 0.15) is 0 Å². The van der Waals surface area contributed by atoms with E-state index >= 15 is 0 Å². The van der Waals surface area contributed by atoms with Gasteiger partial charge in [-0.05, 0) is 44.0 Å². The lowest BCUT2D eigenvalue weighted by molar-refractivity contribution is 0.0860. The first-order valence-electron chi connectivity index (χ1n) is 6.87. The molecule has 0 amide bonds. The highest BCUT2D eigenvalue weighted by molar-refractivity contribution is 5.98. The predicted octanol–water partition coefficient (Wildman–Crippen LogP) is 1.64. The second-order valence-electron chi connectivity index (χ2n) is 5.38. The minimum Gasteiger partial charge on any atom is -0.504 e. The van der Waals surface area contributed by atoms with E-state index in [2.05, 4.69) is 0 Å². The van der Waals surface area contributed by atoms with E-state index < -0.39 is 0 Å². The Morgan fingerprint density at radius 2 is 2.10 bits per heavy atom. The van der Waals surface area contributed by atoms with Gasteiger partial charge >= 0.3 is 0 Å². The molecule has 2 rings (SSSR count). The van der Waals surface area contributed by atoms with Crippen molar-refractivity contribution in [3.63, 3.8) is 0 Å². The van der Waals surface area contributed by atoms with E-state index in [1.807, 2.05) is 11.9 Å². The standard InChI is InChI=1S/C15H21NO4/c1-16(6-7-20-10-11-2-3-11)9-15(19)12-4-5-13(17)14(18)8-12/h4-5,8,11,17-18H,2-3,6-7,9-10H2,1H3. The number of likely N-dealkylation sites (N-methyl/N-ethyl adjacent to an activating group) is 1. The van der Waals surface area contributed by atoms with E-state index in [4.69, 9.17) is 4.74 Å². The number of phenols is 2. The number of ether oxygens (including phenoxy) is 1. The molecule has 1 saturated carbocycles. The molecule has 0 aliphatic heterocycles. The molecule has 0 radical (unpaired) electrons. The number of carbonyl (C=O) groups is 1. The molecule has 5 nitrogen and oxygen atoms in total. The topological polar surface area (TPSA) is 70.0 Å². The van der Waals surface area contributed by atoms with Crippen molar-refractivity contribution < 1.29 is 19.7 Å². The minimum absolute atomic E-state index is 0.0926. The van der Waals surface area contributed by atoms with E-state index in [1.54, 1.807) is 0 Å². The number of benzene rings is 1. The largest absolute Gasteiger partial charge is 0.504 e. The van der Waals surface area contributed by atoms with Gasteiger partial charge in [-0.15, -0.1) is 0 Å². The third-order valence-corrected chi connectivity index (χ3v) is 3.38. The van der Waals surface area contributed by atoms with Crippen LogP contribution in [0.2, 0.25) is 0 Å². The molecule has 0 bridgehead atoms. The second kappa shape index (κ2) is 6.72. The third kappa shape index (κ3) is 4.51. The number of hydrogen-bond acceptors (Lipinski definition) is 5. The van der Waals surface area contributed by atoms with Crippen LogP contribution in [0.25, 0.3) is 0 Å². The van der Waals surface area contributed by atoms with E-state index in [0.29, 0.717) is 18.7 Å². The Morgan fingerprint density at radius 3 is 2.75 bits per heavy atom. The van der Waals surface area contributed by atoms with Crippen LogP contribution in [-0.4, -0.2) is 54.2 Å². The molecule has 0 unspecified atom stereocenters. The molecular weight excluding hydrogens is 258 g/mol. The predicted molar refractivity (Wildman–Crippen MR) is 75.1 cm³/mol. The average molecular weight is 279 g/mol. The first-order valence-corrected chi connectivity index (χ1v) is 6.87. The fraction of sp³-hybridized carbons (Fsp3) is 0.533. The molecular formula is C15H21NO4. The Kier molecular flexibility index (Phi) is 4.98. The second-order valence-corrected chi connectivity index (χ2v) is 5.38.